The van der Waals surface area contributed by atoms with Crippen molar-refractivity contribution in [2.75, 3.05) is 0 Å². The number of rotatable bonds is 26. The monoisotopic (exact) mass is 764 g/mol. The molecule has 0 saturated carbocycles. The minimum absolute atomic E-state index is 0.225. The summed E-state index contributed by atoms with van der Waals surface area (Å²) in [7, 11) is 0. The number of nitrogens with zero attached hydrogens (tertiary/aromatic N) is 1. The summed E-state index contributed by atoms with van der Waals surface area (Å²) in [5, 5.41) is 0. The van der Waals surface area contributed by atoms with Gasteiger partial charge in [-0.05, 0) is 0 Å². The molecule has 0 aliphatic heterocycles. The first-order valence-electron chi connectivity index (χ1n) is 20.0. The van der Waals surface area contributed by atoms with Crippen molar-refractivity contribution in [3.05, 3.63) is 69.3 Å². The van der Waals surface area contributed by atoms with E-state index in [9.17, 15) is 0 Å². The summed E-state index contributed by atoms with van der Waals surface area (Å²) in [6, 6.07) is 12.2. The molecule has 0 amide bonds. The Kier molecular flexibility index (Phi) is 23.0. The first-order valence-corrected chi connectivity index (χ1v) is 24.0. The van der Waals surface area contributed by atoms with E-state index in [0.717, 1.165) is 18.5 Å². The number of hydrogen-bond donors (Lipinski definition) is 0. The third-order valence-electron chi connectivity index (χ3n) is 9.98. The van der Waals surface area contributed by atoms with Crippen LogP contribution in [0.5, 0.6) is 0 Å². The van der Waals surface area contributed by atoms with Crippen LogP contribution < -0.4 is 0 Å². The third-order valence-corrected chi connectivity index (χ3v) is 12.3. The Morgan fingerprint density at radius 1 is 0.583 bits per heavy atom. The Hall–Kier alpha value is -1.18. The van der Waals surface area contributed by atoms with Crippen LogP contribution in [0.1, 0.15) is 191 Å². The van der Waals surface area contributed by atoms with E-state index in [1.807, 2.05) is 0 Å². The van der Waals surface area contributed by atoms with Crippen LogP contribution in [-0.2, 0) is 43.7 Å². The van der Waals surface area contributed by atoms with Crippen LogP contribution in [0.4, 0.5) is 5.69 Å². The van der Waals surface area contributed by atoms with E-state index in [1.165, 1.54) is 161 Å². The van der Waals surface area contributed by atoms with Gasteiger partial charge in [0.15, 0.2) is 0 Å². The van der Waals surface area contributed by atoms with Gasteiger partial charge in [-0.2, -0.15) is 0 Å². The van der Waals surface area contributed by atoms with Crippen LogP contribution in [0.2, 0.25) is 5.89 Å². The van der Waals surface area contributed by atoms with E-state index >= 15 is 0 Å². The number of allylic oxidation sites excluding steroid dienone is 1. The summed E-state index contributed by atoms with van der Waals surface area (Å²) in [5.74, 6) is 2.35. The van der Waals surface area contributed by atoms with Crippen LogP contribution in [0.15, 0.2) is 40.9 Å². The van der Waals surface area contributed by atoms with Gasteiger partial charge in [0.1, 0.15) is 0 Å². The van der Waals surface area contributed by atoms with E-state index in [-0.39, 0.29) is 11.6 Å². The first-order chi connectivity index (χ1) is 23.3. The number of halogens is 1. The molecule has 0 aliphatic rings. The predicted molar refractivity (Wildman–Crippen MR) is 218 cm³/mol. The predicted octanol–water partition coefficient (Wildman–Crippen LogP) is 15.6. The van der Waals surface area contributed by atoms with Gasteiger partial charge in [0, 0.05) is 0 Å². The molecular weight excluding hydrogens is 693 g/mol. The summed E-state index contributed by atoms with van der Waals surface area (Å²) < 4.78 is 1.45. The summed E-state index contributed by atoms with van der Waals surface area (Å²) >= 11 is 3.89. The quantitative estimate of drug-likeness (QED) is 0.0514. The number of aryl methyl sites for hydroxylation is 4. The van der Waals surface area contributed by atoms with Crippen LogP contribution >= 0.6 is 14.2 Å². The van der Waals surface area contributed by atoms with Gasteiger partial charge in [-0.3, -0.25) is 0 Å². The number of unbranched alkanes of at least 4 members (excludes halogenated alkanes) is 12. The standard InChI is InChI=1S/C44H70N.CH3.BrH.Ni/c1-8-14-18-21-22-24-28-41-34-37(33-38(12-5)43(41)29-25-20-16-10-3)32-36(7)44(13-6)45-42-31-30-39(26-17-11-4)40(35-42)27-23-19-15-9-2;;;/h30-31,33-35H,8-29H2,1-7H3;1H3;1H;/q;;;+1/p-1. The molecule has 0 spiro atoms. The molecule has 0 heterocycles. The van der Waals surface area contributed by atoms with Crippen LogP contribution in [-0.4, -0.2) is 5.71 Å². The Bertz CT molecular complexity index is 1240. The molecule has 3 heteroatoms. The van der Waals surface area contributed by atoms with Gasteiger partial charge in [0.2, 0.25) is 0 Å². The summed E-state index contributed by atoms with van der Waals surface area (Å²) in [4.78, 5) is 5.40. The van der Waals surface area contributed by atoms with Crippen molar-refractivity contribution in [1.29, 1.82) is 0 Å². The summed E-state index contributed by atoms with van der Waals surface area (Å²) in [5.41, 5.74) is 13.0. The van der Waals surface area contributed by atoms with Crippen molar-refractivity contribution in [3.63, 3.8) is 0 Å². The van der Waals surface area contributed by atoms with Crippen LogP contribution in [0, 0.1) is 0 Å². The molecule has 1 nitrogen and oxygen atoms in total. The van der Waals surface area contributed by atoms with Gasteiger partial charge in [0.25, 0.3) is 0 Å². The molecule has 2 aromatic rings. The normalized spacial score (nSPS) is 12.9. The van der Waals surface area contributed by atoms with Gasteiger partial charge in [-0.1, -0.05) is 6.92 Å². The van der Waals surface area contributed by atoms with E-state index in [4.69, 9.17) is 4.99 Å². The van der Waals surface area contributed by atoms with Crippen molar-refractivity contribution in [1.82, 2.24) is 0 Å². The summed E-state index contributed by atoms with van der Waals surface area (Å²) in [6.07, 6.45) is 28.0. The fourth-order valence-corrected chi connectivity index (χ4v) is 9.64. The van der Waals surface area contributed by atoms with Gasteiger partial charge in [-0.15, -0.1) is 0 Å². The molecule has 2 aromatic carbocycles. The fraction of sp³-hybridized carbons (Fsp3) is 0.667. The number of hydrogen-bond acceptors (Lipinski definition) is 1. The van der Waals surface area contributed by atoms with E-state index in [0.29, 0.717) is 0 Å². The molecule has 48 heavy (non-hydrogen) atoms. The zero-order valence-electron chi connectivity index (χ0n) is 32.6. The molecule has 0 aliphatic carbocycles. The van der Waals surface area contributed by atoms with Crippen molar-refractivity contribution >= 4 is 30.2 Å². The molecule has 0 fully saturated rings. The van der Waals surface area contributed by atoms with Crippen molar-refractivity contribution in [2.45, 2.75) is 196 Å². The Morgan fingerprint density at radius 2 is 1.10 bits per heavy atom. The maximum atomic E-state index is 5.40. The van der Waals surface area contributed by atoms with E-state index < -0.39 is 0 Å². The second-order valence-corrected chi connectivity index (χ2v) is 18.6. The average Bonchev–Trinajstić information content (AvgIpc) is 3.08. The molecule has 275 valence electrons. The third kappa shape index (κ3) is 15.0. The molecule has 0 atom stereocenters. The maximum absolute atomic E-state index is 5.40. The molecular formula is C45H73BrNNi. The minimum atomic E-state index is -0.225. The number of benzene rings is 2. The van der Waals surface area contributed by atoms with Gasteiger partial charge >= 0.3 is 305 Å². The number of aliphatic imine (C=N–C) groups is 1. The van der Waals surface area contributed by atoms with E-state index in [2.05, 4.69) is 98.9 Å². The molecule has 0 radical (unpaired) electrons. The van der Waals surface area contributed by atoms with Gasteiger partial charge in [0.05, 0.1) is 0 Å². The molecule has 0 unspecified atom stereocenters. The topological polar surface area (TPSA) is 12.4 Å². The van der Waals surface area contributed by atoms with Crippen LogP contribution in [0.25, 0.3) is 4.54 Å². The molecule has 0 aromatic heterocycles. The van der Waals surface area contributed by atoms with E-state index in [1.54, 1.807) is 16.7 Å². The van der Waals surface area contributed by atoms with Crippen LogP contribution in [0.3, 0.4) is 0 Å². The first kappa shape index (κ1) is 43.0. The molecule has 0 saturated heterocycles. The van der Waals surface area contributed by atoms with Gasteiger partial charge < -0.3 is 0 Å². The Balaban J connectivity index is 2.56. The van der Waals surface area contributed by atoms with Crippen molar-refractivity contribution in [2.24, 2.45) is 4.99 Å². The average molecular weight is 767 g/mol. The second-order valence-electron chi connectivity index (χ2n) is 14.0. The Morgan fingerprint density at radius 3 is 1.69 bits per heavy atom. The fourth-order valence-electron chi connectivity index (χ4n) is 7.07. The zero-order valence-corrected chi connectivity index (χ0v) is 35.2. The summed E-state index contributed by atoms with van der Waals surface area (Å²) in [6.45, 7) is 16.2. The van der Waals surface area contributed by atoms with Gasteiger partial charge in [-0.25, -0.2) is 0 Å². The molecule has 0 N–H and O–H groups in total. The van der Waals surface area contributed by atoms with Crippen molar-refractivity contribution < 1.29 is 11.6 Å². The molecule has 0 bridgehead atoms. The zero-order chi connectivity index (χ0) is 35.1. The SMILES string of the molecule is CCCCCCCCc1cc([C](=C(C)C(CC)=Nc2ccc(CCCC)c(CCCCCC)c2)[Ni]([CH3])[Br])cc(CC)c1CCCCCC. The Labute approximate surface area is 310 Å². The van der Waals surface area contributed by atoms with Crippen molar-refractivity contribution in [3.8, 4) is 0 Å². The second kappa shape index (κ2) is 25.7. The molecule has 2 rings (SSSR count).